The van der Waals surface area contributed by atoms with E-state index < -0.39 is 96.0 Å². The van der Waals surface area contributed by atoms with Crippen molar-refractivity contribution in [1.29, 1.82) is 0 Å². The molecule has 3 saturated heterocycles. The summed E-state index contributed by atoms with van der Waals surface area (Å²) in [6.45, 7) is 22.4. The van der Waals surface area contributed by atoms with Gasteiger partial charge >= 0.3 is 12.0 Å². The van der Waals surface area contributed by atoms with Gasteiger partial charge in [-0.2, -0.15) is 0 Å². The molecule has 0 radical (unpaired) electrons. The molecule has 61 heavy (non-hydrogen) atoms. The zero-order valence-corrected chi connectivity index (χ0v) is 39.8. The van der Waals surface area contributed by atoms with E-state index in [-0.39, 0.29) is 49.4 Å². The van der Waals surface area contributed by atoms with Gasteiger partial charge in [-0.25, -0.2) is 4.79 Å². The first kappa shape index (κ1) is 53.6. The zero-order chi connectivity index (χ0) is 46.4. The van der Waals surface area contributed by atoms with E-state index in [9.17, 15) is 35.1 Å². The number of amides is 2. The van der Waals surface area contributed by atoms with Gasteiger partial charge in [-0.15, -0.1) is 0 Å². The largest absolute Gasteiger partial charge is 0.459 e. The standard InChI is InChI=1S/C44H84N4O13/c1-16-32-44(12,55)36(50)29(8)48(19-17-18-45-41(53)46-24(2)3)23-25(4)21-42(10,54)38(61-40-34(49)31(47(13)14)20-26(5)57-40)27(6)35(28(7)39(52)59-32)60-33-22-43(11,56-15)37(51)30(9)58-33/h24-38,40,49-51,54-55H,16-23H2,1-15H3,(H2,45,46,53)/t25-,26-,27+,28-,29-,30+,31+,32-,33-,34-,35+,36-,37+,38-,40+,42-,43-,44-/m1/s1. The number of nitrogens with one attached hydrogen (secondary N) is 2. The molecule has 17 nitrogen and oxygen atoms in total. The molecular weight excluding hydrogens is 792 g/mol. The minimum atomic E-state index is -1.90. The van der Waals surface area contributed by atoms with Gasteiger partial charge in [0.15, 0.2) is 12.6 Å². The minimum Gasteiger partial charge on any atom is -0.459 e. The normalized spacial score (nSPS) is 44.0. The van der Waals surface area contributed by atoms with Crippen LogP contribution in [0, 0.1) is 17.8 Å². The molecule has 0 spiro atoms. The van der Waals surface area contributed by atoms with Crippen LogP contribution < -0.4 is 10.6 Å². The molecule has 358 valence electrons. The van der Waals surface area contributed by atoms with Crippen LogP contribution >= 0.6 is 0 Å². The molecule has 0 aromatic rings. The van der Waals surface area contributed by atoms with E-state index in [1.807, 2.05) is 58.5 Å². The van der Waals surface area contributed by atoms with Crippen molar-refractivity contribution in [2.24, 2.45) is 17.8 Å². The lowest BCUT2D eigenvalue weighted by Gasteiger charge is -2.48. The number of hydrogen-bond donors (Lipinski definition) is 7. The molecule has 3 heterocycles. The predicted octanol–water partition coefficient (Wildman–Crippen LogP) is 2.37. The molecule has 7 N–H and O–H groups in total. The van der Waals surface area contributed by atoms with Gasteiger partial charge in [0.05, 0.1) is 41.5 Å². The SMILES string of the molecule is CC[C@H]1OC(=O)[C@H](C)[C@@H](O[C@@H]2C[C@@](C)(OC)[C@@H](O)[C@H](C)O2)[C@H](C)[C@@H](O[C@@H]2O[C@H](C)C[C@H](N(C)C)[C@H]2O)[C@](C)(O)C[C@@H](C)CN(CCCNC(=O)NC(C)C)[C@H](C)[C@@H](O)[C@]1(C)O. The second-order valence-corrected chi connectivity index (χ2v) is 19.6. The van der Waals surface area contributed by atoms with E-state index in [1.54, 1.807) is 41.5 Å². The van der Waals surface area contributed by atoms with Crippen LogP contribution in [0.5, 0.6) is 0 Å². The van der Waals surface area contributed by atoms with Crippen LogP contribution in [0.1, 0.15) is 115 Å². The van der Waals surface area contributed by atoms with Gasteiger partial charge in [0, 0.05) is 57.2 Å². The van der Waals surface area contributed by atoms with Crippen molar-refractivity contribution in [1.82, 2.24) is 20.4 Å². The topological polar surface area (TPSA) is 221 Å². The summed E-state index contributed by atoms with van der Waals surface area (Å²) in [5.74, 6) is -2.82. The van der Waals surface area contributed by atoms with Gasteiger partial charge in [0.25, 0.3) is 0 Å². The maximum absolute atomic E-state index is 14.5. The Morgan fingerprint density at radius 2 is 1.62 bits per heavy atom. The van der Waals surface area contributed by atoms with Gasteiger partial charge in [-0.1, -0.05) is 20.8 Å². The molecule has 0 aromatic carbocycles. The molecule has 0 aliphatic carbocycles. The van der Waals surface area contributed by atoms with Gasteiger partial charge in [0.2, 0.25) is 0 Å². The number of cyclic esters (lactones) is 1. The first-order valence-electron chi connectivity index (χ1n) is 22.5. The Balaban J connectivity index is 2.16. The van der Waals surface area contributed by atoms with E-state index >= 15 is 0 Å². The van der Waals surface area contributed by atoms with Gasteiger partial charge in [0.1, 0.15) is 30.0 Å². The number of carbonyl (C=O) groups excluding carboxylic acids is 2. The highest BCUT2D eigenvalue weighted by atomic mass is 16.7. The molecule has 18 atom stereocenters. The van der Waals surface area contributed by atoms with E-state index in [0.717, 1.165) is 0 Å². The number of aliphatic hydroxyl groups excluding tert-OH is 3. The zero-order valence-electron chi connectivity index (χ0n) is 39.8. The van der Waals surface area contributed by atoms with Crippen LogP contribution in [0.15, 0.2) is 0 Å². The summed E-state index contributed by atoms with van der Waals surface area (Å²) in [4.78, 5) is 30.7. The van der Waals surface area contributed by atoms with Gasteiger partial charge in [-0.05, 0) is 108 Å². The lowest BCUT2D eigenvalue weighted by Crippen LogP contribution is -2.60. The summed E-state index contributed by atoms with van der Waals surface area (Å²) in [7, 11) is 5.25. The number of methoxy groups -OCH3 is 1. The molecule has 0 saturated carbocycles. The highest BCUT2D eigenvalue weighted by molar-refractivity contribution is 5.74. The average Bonchev–Trinajstić information content (AvgIpc) is 3.16. The number of likely N-dealkylation sites (N-methyl/N-ethyl adjacent to an activating group) is 1. The Kier molecular flexibility index (Phi) is 19.7. The number of urea groups is 1. The van der Waals surface area contributed by atoms with Crippen molar-refractivity contribution >= 4 is 12.0 Å². The lowest BCUT2D eigenvalue weighted by molar-refractivity contribution is -0.318. The third-order valence-corrected chi connectivity index (χ3v) is 13.4. The molecular formula is C44H84N4O13. The number of nitrogens with zero attached hydrogens (tertiary/aromatic N) is 2. The number of rotatable bonds is 12. The number of aliphatic hydroxyl groups is 5. The summed E-state index contributed by atoms with van der Waals surface area (Å²) in [6.07, 6.45) is -8.35. The van der Waals surface area contributed by atoms with Crippen molar-refractivity contribution in [3.63, 3.8) is 0 Å². The third-order valence-electron chi connectivity index (χ3n) is 13.4. The number of carbonyl (C=O) groups is 2. The van der Waals surface area contributed by atoms with Crippen LogP contribution in [-0.2, 0) is 33.2 Å². The number of hydrogen-bond acceptors (Lipinski definition) is 15. The van der Waals surface area contributed by atoms with Crippen molar-refractivity contribution < 1.29 is 63.5 Å². The Bertz CT molecular complexity index is 1370. The highest BCUT2D eigenvalue weighted by Crippen LogP contribution is 2.40. The lowest BCUT2D eigenvalue weighted by atomic mass is 9.77. The maximum atomic E-state index is 14.5. The van der Waals surface area contributed by atoms with Gasteiger partial charge < -0.3 is 69.5 Å². The fourth-order valence-electron chi connectivity index (χ4n) is 9.70. The first-order valence-corrected chi connectivity index (χ1v) is 22.5. The smallest absolute Gasteiger partial charge is 0.314 e. The van der Waals surface area contributed by atoms with Crippen LogP contribution in [0.25, 0.3) is 0 Å². The monoisotopic (exact) mass is 877 g/mol. The molecule has 3 fully saturated rings. The second kappa shape index (κ2) is 22.4. The summed E-state index contributed by atoms with van der Waals surface area (Å²) >= 11 is 0. The highest BCUT2D eigenvalue weighted by Gasteiger charge is 2.53. The van der Waals surface area contributed by atoms with Crippen molar-refractivity contribution in [2.75, 3.05) is 40.8 Å². The van der Waals surface area contributed by atoms with Crippen molar-refractivity contribution in [3.8, 4) is 0 Å². The summed E-state index contributed by atoms with van der Waals surface area (Å²) in [5.41, 5.74) is -4.59. The van der Waals surface area contributed by atoms with Gasteiger partial charge in [-0.3, -0.25) is 9.69 Å². The van der Waals surface area contributed by atoms with Crippen LogP contribution in [0.4, 0.5) is 4.79 Å². The Morgan fingerprint density at radius 1 is 0.984 bits per heavy atom. The van der Waals surface area contributed by atoms with E-state index in [0.29, 0.717) is 32.5 Å². The summed E-state index contributed by atoms with van der Waals surface area (Å²) in [5, 5.41) is 65.2. The van der Waals surface area contributed by atoms with Crippen LogP contribution in [-0.4, -0.2) is 185 Å². The molecule has 3 aliphatic heterocycles. The Hall–Kier alpha value is -1.74. The minimum absolute atomic E-state index is 0.0323. The molecule has 17 heteroatoms. The Morgan fingerprint density at radius 3 is 2.20 bits per heavy atom. The summed E-state index contributed by atoms with van der Waals surface area (Å²) in [6, 6.07) is -1.28. The van der Waals surface area contributed by atoms with E-state index in [1.165, 1.54) is 14.0 Å². The fourth-order valence-corrected chi connectivity index (χ4v) is 9.70. The second-order valence-electron chi connectivity index (χ2n) is 19.6. The van der Waals surface area contributed by atoms with Crippen LogP contribution in [0.2, 0.25) is 0 Å². The average molecular weight is 877 g/mol. The number of esters is 1. The maximum Gasteiger partial charge on any atom is 0.314 e. The Labute approximate surface area is 365 Å². The molecule has 2 amide bonds. The quantitative estimate of drug-likeness (QED) is 0.111. The molecule has 3 aliphatic rings. The van der Waals surface area contributed by atoms with E-state index in [2.05, 4.69) is 10.6 Å². The molecule has 0 unspecified atom stereocenters. The van der Waals surface area contributed by atoms with Crippen molar-refractivity contribution in [2.45, 2.75) is 212 Å². The number of ether oxygens (including phenoxy) is 6. The van der Waals surface area contributed by atoms with Crippen molar-refractivity contribution in [3.05, 3.63) is 0 Å². The predicted molar refractivity (Wildman–Crippen MR) is 229 cm³/mol. The first-order chi connectivity index (χ1) is 28.2. The van der Waals surface area contributed by atoms with Crippen LogP contribution in [0.3, 0.4) is 0 Å². The fraction of sp³-hybridized carbons (Fsp3) is 0.955. The summed E-state index contributed by atoms with van der Waals surface area (Å²) < 4.78 is 37.9. The van der Waals surface area contributed by atoms with E-state index in [4.69, 9.17) is 28.4 Å². The molecule has 0 bridgehead atoms. The molecule has 0 aromatic heterocycles. The third kappa shape index (κ3) is 13.6. The molecule has 3 rings (SSSR count).